The maximum atomic E-state index is 13.0. The maximum absolute atomic E-state index is 13.0. The van der Waals surface area contributed by atoms with E-state index in [0.717, 1.165) is 0 Å². The van der Waals surface area contributed by atoms with E-state index < -0.39 is 22.9 Å². The highest BCUT2D eigenvalue weighted by Gasteiger charge is 2.37. The van der Waals surface area contributed by atoms with Crippen molar-refractivity contribution >= 4 is 11.6 Å². The van der Waals surface area contributed by atoms with Crippen molar-refractivity contribution in [3.8, 4) is 11.3 Å². The Kier molecular flexibility index (Phi) is 2.65. The zero-order valence-electron chi connectivity index (χ0n) is 11.4. The van der Waals surface area contributed by atoms with E-state index in [0.29, 0.717) is 5.56 Å². The summed E-state index contributed by atoms with van der Waals surface area (Å²) < 4.78 is 18.1. The molecule has 0 saturated heterocycles. The number of aromatic nitrogens is 2. The first-order valence-corrected chi connectivity index (χ1v) is 6.64. The molecular formula is C16H7FN2O4. The van der Waals surface area contributed by atoms with Gasteiger partial charge in [0.25, 0.3) is 0 Å². The summed E-state index contributed by atoms with van der Waals surface area (Å²) >= 11 is 0. The standard InChI is InChI=1S/C16H7FN2O4/c17-8-3-1-7(2-4-8)12-11-14(21)9-5-6-10(20)18-13(9)15(22)16(11)23-19-12/h1-6H,(H,18,20). The number of ketones is 2. The van der Waals surface area contributed by atoms with Crippen molar-refractivity contribution in [3.63, 3.8) is 0 Å². The van der Waals surface area contributed by atoms with Gasteiger partial charge in [0.05, 0.1) is 5.56 Å². The molecule has 0 spiro atoms. The molecule has 2 aromatic heterocycles. The number of carbonyl (C=O) groups excluding carboxylic acids is 2. The number of H-pyrrole nitrogens is 1. The van der Waals surface area contributed by atoms with Crippen LogP contribution >= 0.6 is 0 Å². The number of rotatable bonds is 1. The average molecular weight is 310 g/mol. The Bertz CT molecular complexity index is 1030. The maximum Gasteiger partial charge on any atom is 0.248 e. The monoisotopic (exact) mass is 310 g/mol. The highest BCUT2D eigenvalue weighted by atomic mass is 19.1. The number of aromatic amines is 1. The van der Waals surface area contributed by atoms with E-state index >= 15 is 0 Å². The minimum absolute atomic E-state index is 0.0150. The number of benzene rings is 1. The fourth-order valence-corrected chi connectivity index (χ4v) is 2.55. The third-order valence-corrected chi connectivity index (χ3v) is 3.63. The molecule has 1 N–H and O–H groups in total. The Labute approximate surface area is 127 Å². The van der Waals surface area contributed by atoms with Crippen LogP contribution in [0.4, 0.5) is 4.39 Å². The summed E-state index contributed by atoms with van der Waals surface area (Å²) in [6, 6.07) is 7.77. The Morgan fingerprint density at radius 3 is 2.43 bits per heavy atom. The number of hydrogen-bond donors (Lipinski definition) is 1. The average Bonchev–Trinajstić information content (AvgIpc) is 2.98. The fraction of sp³-hybridized carbons (Fsp3) is 0. The second kappa shape index (κ2) is 4.57. The molecule has 1 aliphatic rings. The molecule has 0 atom stereocenters. The summed E-state index contributed by atoms with van der Waals surface area (Å²) in [4.78, 5) is 38.7. The third kappa shape index (κ3) is 1.87. The van der Waals surface area contributed by atoms with Crippen LogP contribution in [0.5, 0.6) is 0 Å². The lowest BCUT2D eigenvalue weighted by molar-refractivity contribution is 0.0950. The number of pyridine rings is 1. The fourth-order valence-electron chi connectivity index (χ4n) is 2.55. The molecule has 112 valence electrons. The normalized spacial score (nSPS) is 12.9. The Morgan fingerprint density at radius 1 is 0.957 bits per heavy atom. The molecule has 0 bridgehead atoms. The smallest absolute Gasteiger partial charge is 0.248 e. The van der Waals surface area contributed by atoms with Crippen molar-refractivity contribution in [2.75, 3.05) is 0 Å². The molecular weight excluding hydrogens is 303 g/mol. The molecule has 0 amide bonds. The van der Waals surface area contributed by atoms with E-state index in [1.807, 2.05) is 0 Å². The molecule has 0 fully saturated rings. The quantitative estimate of drug-likeness (QED) is 0.580. The topological polar surface area (TPSA) is 93.0 Å². The van der Waals surface area contributed by atoms with Gasteiger partial charge in [-0.1, -0.05) is 5.16 Å². The van der Waals surface area contributed by atoms with Gasteiger partial charge >= 0.3 is 0 Å². The summed E-state index contributed by atoms with van der Waals surface area (Å²) in [7, 11) is 0. The lowest BCUT2D eigenvalue weighted by atomic mass is 9.89. The van der Waals surface area contributed by atoms with Crippen molar-refractivity contribution in [1.82, 2.24) is 10.1 Å². The van der Waals surface area contributed by atoms with Crippen LogP contribution in [0, 0.1) is 5.82 Å². The molecule has 0 radical (unpaired) electrons. The van der Waals surface area contributed by atoms with Crippen LogP contribution in [0.1, 0.15) is 32.2 Å². The first kappa shape index (κ1) is 13.3. The van der Waals surface area contributed by atoms with Crippen LogP contribution in [-0.4, -0.2) is 21.7 Å². The number of nitrogens with zero attached hydrogens (tertiary/aromatic N) is 1. The van der Waals surface area contributed by atoms with Crippen LogP contribution in [0.25, 0.3) is 11.3 Å². The van der Waals surface area contributed by atoms with Gasteiger partial charge in [-0.25, -0.2) is 4.39 Å². The number of hydrogen-bond acceptors (Lipinski definition) is 5. The summed E-state index contributed by atoms with van der Waals surface area (Å²) in [5.74, 6) is -1.76. The van der Waals surface area contributed by atoms with Crippen molar-refractivity contribution < 1.29 is 18.5 Å². The van der Waals surface area contributed by atoms with Gasteiger partial charge in [-0.05, 0) is 30.3 Å². The van der Waals surface area contributed by atoms with Crippen LogP contribution in [0.15, 0.2) is 45.7 Å². The van der Waals surface area contributed by atoms with Gasteiger partial charge in [-0.15, -0.1) is 0 Å². The first-order chi connectivity index (χ1) is 11.1. The molecule has 1 aliphatic carbocycles. The molecule has 3 aromatic rings. The number of carbonyl (C=O) groups is 2. The third-order valence-electron chi connectivity index (χ3n) is 3.63. The molecule has 0 unspecified atom stereocenters. The lowest BCUT2D eigenvalue weighted by Gasteiger charge is -2.12. The molecule has 6 nitrogen and oxygen atoms in total. The Balaban J connectivity index is 1.95. The molecule has 2 heterocycles. The largest absolute Gasteiger partial charge is 0.351 e. The van der Waals surface area contributed by atoms with Gasteiger partial charge in [0.15, 0.2) is 0 Å². The molecule has 0 aliphatic heterocycles. The zero-order chi connectivity index (χ0) is 16.1. The van der Waals surface area contributed by atoms with E-state index in [1.165, 1.54) is 36.4 Å². The van der Waals surface area contributed by atoms with Gasteiger partial charge in [-0.3, -0.25) is 14.4 Å². The van der Waals surface area contributed by atoms with Gasteiger partial charge in [0, 0.05) is 11.6 Å². The number of halogens is 1. The SMILES string of the molecule is O=C1c2[nH]c(=O)ccc2C(=O)c2c(-c3ccc(F)cc3)noc21. The van der Waals surface area contributed by atoms with Crippen LogP contribution in [-0.2, 0) is 0 Å². The molecule has 0 saturated carbocycles. The predicted octanol–water partition coefficient (Wildman–Crippen LogP) is 1.94. The molecule has 4 rings (SSSR count). The van der Waals surface area contributed by atoms with E-state index in [2.05, 4.69) is 10.1 Å². The second-order valence-electron chi connectivity index (χ2n) is 5.01. The Hall–Kier alpha value is -3.35. The minimum Gasteiger partial charge on any atom is -0.351 e. The Morgan fingerprint density at radius 2 is 1.70 bits per heavy atom. The van der Waals surface area contributed by atoms with Gasteiger partial charge in [-0.2, -0.15) is 0 Å². The lowest BCUT2D eigenvalue weighted by Crippen LogP contribution is -2.24. The number of nitrogens with one attached hydrogen (secondary N) is 1. The van der Waals surface area contributed by atoms with Gasteiger partial charge < -0.3 is 9.51 Å². The molecule has 7 heteroatoms. The molecule has 23 heavy (non-hydrogen) atoms. The van der Waals surface area contributed by atoms with E-state index in [9.17, 15) is 18.8 Å². The van der Waals surface area contributed by atoms with E-state index in [-0.39, 0.29) is 28.3 Å². The highest BCUT2D eigenvalue weighted by Crippen LogP contribution is 2.33. The van der Waals surface area contributed by atoms with Crippen molar-refractivity contribution in [2.45, 2.75) is 0 Å². The number of fused-ring (bicyclic) bond motifs is 2. The van der Waals surface area contributed by atoms with Crippen molar-refractivity contribution in [1.29, 1.82) is 0 Å². The summed E-state index contributed by atoms with van der Waals surface area (Å²) in [5.41, 5.74) is 0.0962. The predicted molar refractivity (Wildman–Crippen MR) is 75.8 cm³/mol. The van der Waals surface area contributed by atoms with Crippen LogP contribution < -0.4 is 5.56 Å². The minimum atomic E-state index is -0.617. The van der Waals surface area contributed by atoms with Crippen LogP contribution in [0.2, 0.25) is 0 Å². The van der Waals surface area contributed by atoms with Crippen LogP contribution in [0.3, 0.4) is 0 Å². The van der Waals surface area contributed by atoms with E-state index in [4.69, 9.17) is 4.52 Å². The summed E-state index contributed by atoms with van der Waals surface area (Å²) in [6.45, 7) is 0. The summed E-state index contributed by atoms with van der Waals surface area (Å²) in [6.07, 6.45) is 0. The van der Waals surface area contributed by atoms with Gasteiger partial charge in [0.1, 0.15) is 22.8 Å². The zero-order valence-corrected chi connectivity index (χ0v) is 11.4. The second-order valence-corrected chi connectivity index (χ2v) is 5.01. The first-order valence-electron chi connectivity index (χ1n) is 6.64. The van der Waals surface area contributed by atoms with Gasteiger partial charge in [0.2, 0.25) is 22.9 Å². The summed E-state index contributed by atoms with van der Waals surface area (Å²) in [5, 5.41) is 3.77. The van der Waals surface area contributed by atoms with Crippen molar-refractivity contribution in [3.05, 3.63) is 75.2 Å². The van der Waals surface area contributed by atoms with Crippen molar-refractivity contribution in [2.24, 2.45) is 0 Å². The van der Waals surface area contributed by atoms with E-state index in [1.54, 1.807) is 0 Å². The molecule has 1 aromatic carbocycles. The highest BCUT2D eigenvalue weighted by molar-refractivity contribution is 6.28.